The summed E-state index contributed by atoms with van der Waals surface area (Å²) < 4.78 is 54.2. The van der Waals surface area contributed by atoms with E-state index in [1.807, 2.05) is 0 Å². The van der Waals surface area contributed by atoms with Crippen molar-refractivity contribution >= 4 is 5.91 Å². The zero-order valence-corrected chi connectivity index (χ0v) is 16.3. The van der Waals surface area contributed by atoms with Gasteiger partial charge in [-0.15, -0.1) is 0 Å². The molecule has 9 heteroatoms. The molecular formula is C22H18F4N4O. The molecule has 1 amide bonds. The lowest BCUT2D eigenvalue weighted by molar-refractivity contribution is -0.141. The predicted octanol–water partition coefficient (Wildman–Crippen LogP) is 4.72. The van der Waals surface area contributed by atoms with Gasteiger partial charge >= 0.3 is 6.18 Å². The SMILES string of the molecule is O=C(NC1CCc2nn(-c3ccnc(C(F)(F)F)c3)cc21)c1cc(F)cc(C2CC2)c1. The first-order valence-corrected chi connectivity index (χ1v) is 10.0. The number of nitrogens with zero attached hydrogens (tertiary/aromatic N) is 3. The van der Waals surface area contributed by atoms with Crippen molar-refractivity contribution in [3.8, 4) is 5.69 Å². The molecule has 0 saturated heterocycles. The summed E-state index contributed by atoms with van der Waals surface area (Å²) in [7, 11) is 0. The van der Waals surface area contributed by atoms with Crippen LogP contribution in [0.15, 0.2) is 42.7 Å². The molecule has 2 aromatic heterocycles. The number of aryl methyl sites for hydroxylation is 1. The average Bonchev–Trinajstić information content (AvgIpc) is 3.39. The second kappa shape index (κ2) is 7.18. The highest BCUT2D eigenvalue weighted by atomic mass is 19.4. The summed E-state index contributed by atoms with van der Waals surface area (Å²) in [6.07, 6.45) is 1.38. The molecule has 0 radical (unpaired) electrons. The Labute approximate surface area is 175 Å². The minimum absolute atomic E-state index is 0.237. The molecule has 1 unspecified atom stereocenters. The molecule has 0 bridgehead atoms. The number of hydrogen-bond acceptors (Lipinski definition) is 3. The summed E-state index contributed by atoms with van der Waals surface area (Å²) in [5.41, 5.74) is 1.81. The van der Waals surface area contributed by atoms with Crippen molar-refractivity contribution < 1.29 is 22.4 Å². The van der Waals surface area contributed by atoms with Crippen LogP contribution in [0.1, 0.15) is 64.1 Å². The van der Waals surface area contributed by atoms with Gasteiger partial charge in [0.2, 0.25) is 0 Å². The highest BCUT2D eigenvalue weighted by Gasteiger charge is 2.33. The summed E-state index contributed by atoms with van der Waals surface area (Å²) in [6.45, 7) is 0. The number of rotatable bonds is 4. The Morgan fingerprint density at radius 1 is 1.13 bits per heavy atom. The van der Waals surface area contributed by atoms with Crippen molar-refractivity contribution in [3.63, 3.8) is 0 Å². The minimum atomic E-state index is -4.55. The summed E-state index contributed by atoms with van der Waals surface area (Å²) in [5.74, 6) is -0.497. The van der Waals surface area contributed by atoms with Crippen molar-refractivity contribution in [3.05, 3.63) is 76.6 Å². The Hall–Kier alpha value is -3.23. The number of amides is 1. The molecular weight excluding hydrogens is 412 g/mol. The first kappa shape index (κ1) is 19.7. The second-order valence-corrected chi connectivity index (χ2v) is 7.98. The first-order valence-electron chi connectivity index (χ1n) is 10.0. The molecule has 160 valence electrons. The number of carbonyl (C=O) groups excluding carboxylic acids is 1. The topological polar surface area (TPSA) is 59.8 Å². The number of aromatic nitrogens is 3. The highest BCUT2D eigenvalue weighted by Crippen LogP contribution is 2.40. The van der Waals surface area contributed by atoms with Gasteiger partial charge < -0.3 is 5.32 Å². The van der Waals surface area contributed by atoms with Crippen molar-refractivity contribution in [1.29, 1.82) is 0 Å². The van der Waals surface area contributed by atoms with Gasteiger partial charge in [0, 0.05) is 23.5 Å². The molecule has 1 aromatic carbocycles. The van der Waals surface area contributed by atoms with Crippen molar-refractivity contribution in [1.82, 2.24) is 20.1 Å². The molecule has 0 spiro atoms. The van der Waals surface area contributed by atoms with E-state index in [0.717, 1.165) is 36.2 Å². The van der Waals surface area contributed by atoms with Gasteiger partial charge in [0.25, 0.3) is 5.91 Å². The molecule has 3 aromatic rings. The molecule has 5 rings (SSSR count). The summed E-state index contributed by atoms with van der Waals surface area (Å²) in [4.78, 5) is 16.1. The Morgan fingerprint density at radius 2 is 1.94 bits per heavy atom. The maximum atomic E-state index is 14.0. The van der Waals surface area contributed by atoms with Gasteiger partial charge in [0.05, 0.1) is 17.4 Å². The van der Waals surface area contributed by atoms with Crippen molar-refractivity contribution in [2.45, 2.75) is 43.8 Å². The third kappa shape index (κ3) is 3.92. The fraction of sp³-hybridized carbons (Fsp3) is 0.318. The van der Waals surface area contributed by atoms with Crippen molar-refractivity contribution in [2.75, 3.05) is 0 Å². The molecule has 31 heavy (non-hydrogen) atoms. The number of carbonyl (C=O) groups is 1. The van der Waals surface area contributed by atoms with Crippen LogP contribution >= 0.6 is 0 Å². The van der Waals surface area contributed by atoms with E-state index in [-0.39, 0.29) is 23.2 Å². The predicted molar refractivity (Wildman–Crippen MR) is 103 cm³/mol. The lowest BCUT2D eigenvalue weighted by Crippen LogP contribution is -2.27. The van der Waals surface area contributed by atoms with Crippen LogP contribution in [-0.4, -0.2) is 20.7 Å². The van der Waals surface area contributed by atoms with E-state index in [4.69, 9.17) is 0 Å². The van der Waals surface area contributed by atoms with Crippen LogP contribution in [0.4, 0.5) is 17.6 Å². The number of hydrogen-bond donors (Lipinski definition) is 1. The number of nitrogens with one attached hydrogen (secondary N) is 1. The van der Waals surface area contributed by atoms with Crippen molar-refractivity contribution in [2.24, 2.45) is 0 Å². The Morgan fingerprint density at radius 3 is 2.68 bits per heavy atom. The van der Waals surface area contributed by atoms with E-state index in [2.05, 4.69) is 15.4 Å². The maximum Gasteiger partial charge on any atom is 0.433 e. The zero-order valence-electron chi connectivity index (χ0n) is 16.3. The van der Waals surface area contributed by atoms with Gasteiger partial charge in [0.15, 0.2) is 0 Å². The van der Waals surface area contributed by atoms with E-state index in [1.54, 1.807) is 12.3 Å². The molecule has 1 N–H and O–H groups in total. The highest BCUT2D eigenvalue weighted by molar-refractivity contribution is 5.94. The van der Waals surface area contributed by atoms with Crippen LogP contribution in [0.2, 0.25) is 0 Å². The number of fused-ring (bicyclic) bond motifs is 1. The fourth-order valence-electron chi connectivity index (χ4n) is 3.98. The second-order valence-electron chi connectivity index (χ2n) is 7.98. The van der Waals surface area contributed by atoms with Crippen LogP contribution in [0.25, 0.3) is 5.69 Å². The largest absolute Gasteiger partial charge is 0.433 e. The van der Waals surface area contributed by atoms with Gasteiger partial charge in [-0.3, -0.25) is 9.78 Å². The fourth-order valence-corrected chi connectivity index (χ4v) is 3.98. The number of alkyl halides is 3. The van der Waals surface area contributed by atoms with Crippen LogP contribution < -0.4 is 5.32 Å². The van der Waals surface area contributed by atoms with Crippen LogP contribution in [0.5, 0.6) is 0 Å². The summed E-state index contributed by atoms with van der Waals surface area (Å²) in [5, 5.41) is 7.30. The molecule has 2 aliphatic carbocycles. The molecule has 1 atom stereocenters. The molecule has 1 saturated carbocycles. The summed E-state index contributed by atoms with van der Waals surface area (Å²) >= 11 is 0. The van der Waals surface area contributed by atoms with E-state index in [0.29, 0.717) is 24.5 Å². The van der Waals surface area contributed by atoms with E-state index >= 15 is 0 Å². The smallest absolute Gasteiger partial charge is 0.345 e. The normalized spacial score (nSPS) is 18.1. The molecule has 0 aliphatic heterocycles. The Balaban J connectivity index is 1.37. The van der Waals surface area contributed by atoms with Crippen LogP contribution in [-0.2, 0) is 12.6 Å². The average molecular weight is 430 g/mol. The zero-order chi connectivity index (χ0) is 21.8. The standard InChI is InChI=1S/C22H18F4N4O/c23-15-8-13(12-1-2-12)7-14(9-15)21(31)28-18-3-4-19-17(18)11-30(29-19)16-5-6-27-20(10-16)22(24,25)26/h5-12,18H,1-4H2,(H,28,31). The van der Waals surface area contributed by atoms with E-state index in [9.17, 15) is 22.4 Å². The van der Waals surface area contributed by atoms with Crippen LogP contribution in [0, 0.1) is 5.82 Å². The van der Waals surface area contributed by atoms with Gasteiger partial charge in [-0.2, -0.15) is 18.3 Å². The van der Waals surface area contributed by atoms with E-state index in [1.165, 1.54) is 22.9 Å². The maximum absolute atomic E-state index is 14.0. The summed E-state index contributed by atoms with van der Waals surface area (Å²) in [6, 6.07) is 6.45. The lowest BCUT2D eigenvalue weighted by atomic mass is 10.1. The number of pyridine rings is 1. The third-order valence-electron chi connectivity index (χ3n) is 5.70. The molecule has 2 heterocycles. The lowest BCUT2D eigenvalue weighted by Gasteiger charge is -2.14. The Kier molecular flexibility index (Phi) is 4.56. The monoisotopic (exact) mass is 430 g/mol. The Bertz CT molecular complexity index is 1170. The van der Waals surface area contributed by atoms with Gasteiger partial charge in [-0.25, -0.2) is 9.07 Å². The van der Waals surface area contributed by atoms with E-state index < -0.39 is 17.7 Å². The van der Waals surface area contributed by atoms with Crippen LogP contribution in [0.3, 0.4) is 0 Å². The molecule has 2 aliphatic rings. The minimum Gasteiger partial charge on any atom is -0.345 e. The van der Waals surface area contributed by atoms with Gasteiger partial charge in [-0.05, 0) is 67.5 Å². The quantitative estimate of drug-likeness (QED) is 0.610. The molecule has 5 nitrogen and oxygen atoms in total. The van der Waals surface area contributed by atoms with Gasteiger partial charge in [0.1, 0.15) is 11.5 Å². The number of benzene rings is 1. The number of halogens is 4. The third-order valence-corrected chi connectivity index (χ3v) is 5.70. The first-order chi connectivity index (χ1) is 14.8. The molecule has 1 fully saturated rings. The van der Waals surface area contributed by atoms with Gasteiger partial charge in [-0.1, -0.05) is 0 Å².